The van der Waals surface area contributed by atoms with Crippen LogP contribution in [0.4, 0.5) is 18.9 Å². The number of alkyl halides is 3. The van der Waals surface area contributed by atoms with Gasteiger partial charge in [-0.2, -0.15) is 13.2 Å². The molecule has 4 nitrogen and oxygen atoms in total. The van der Waals surface area contributed by atoms with Gasteiger partial charge in [-0.05, 0) is 12.1 Å². The molecule has 1 N–H and O–H groups in total. The van der Waals surface area contributed by atoms with E-state index >= 15 is 0 Å². The van der Waals surface area contributed by atoms with Crippen LogP contribution in [0.25, 0.3) is 11.3 Å². The largest absolute Gasteiger partial charge is 0.416 e. The molecule has 0 unspecified atom stereocenters. The summed E-state index contributed by atoms with van der Waals surface area (Å²) in [6.45, 7) is 3.37. The van der Waals surface area contributed by atoms with Crippen molar-refractivity contribution in [1.82, 2.24) is 15.3 Å². The summed E-state index contributed by atoms with van der Waals surface area (Å²) in [6, 6.07) is 5.08. The van der Waals surface area contributed by atoms with Crippen LogP contribution in [0, 0.1) is 0 Å². The van der Waals surface area contributed by atoms with Crippen molar-refractivity contribution in [2.45, 2.75) is 6.18 Å². The lowest BCUT2D eigenvalue weighted by Gasteiger charge is -2.30. The molecule has 0 atom stereocenters. The minimum Gasteiger partial charge on any atom is -0.366 e. The average Bonchev–Trinajstić information content (AvgIpc) is 2.55. The van der Waals surface area contributed by atoms with E-state index in [1.807, 2.05) is 0 Å². The maximum absolute atomic E-state index is 12.7. The number of hydrogen-bond acceptors (Lipinski definition) is 4. The third-order valence-electron chi connectivity index (χ3n) is 3.64. The van der Waals surface area contributed by atoms with Gasteiger partial charge in [0.25, 0.3) is 0 Å². The summed E-state index contributed by atoms with van der Waals surface area (Å²) in [5, 5.41) is 3.26. The highest BCUT2D eigenvalue weighted by Gasteiger charge is 2.30. The molecule has 0 bridgehead atoms. The molecule has 0 aliphatic carbocycles. The first-order valence-corrected chi connectivity index (χ1v) is 6.99. The summed E-state index contributed by atoms with van der Waals surface area (Å²) in [5.74, 6) is 0. The maximum atomic E-state index is 12.7. The smallest absolute Gasteiger partial charge is 0.366 e. The van der Waals surface area contributed by atoms with Crippen LogP contribution in [0.2, 0.25) is 0 Å². The summed E-state index contributed by atoms with van der Waals surface area (Å²) < 4.78 is 38.0. The second-order valence-electron chi connectivity index (χ2n) is 5.07. The van der Waals surface area contributed by atoms with Gasteiger partial charge in [0.15, 0.2) is 0 Å². The maximum Gasteiger partial charge on any atom is 0.416 e. The number of nitrogens with zero attached hydrogens (tertiary/aromatic N) is 3. The highest BCUT2D eigenvalue weighted by molar-refractivity contribution is 5.74. The first-order valence-electron chi connectivity index (χ1n) is 6.99. The summed E-state index contributed by atoms with van der Waals surface area (Å²) in [4.78, 5) is 10.5. The van der Waals surface area contributed by atoms with Crippen molar-refractivity contribution < 1.29 is 13.2 Å². The summed E-state index contributed by atoms with van der Waals surface area (Å²) >= 11 is 0. The standard InChI is InChI=1S/C15H15F3N4/c16-15(17,18)12-3-1-11(2-4-12)14-13(9-20-10-21-14)22-7-5-19-6-8-22/h1-4,9-10,19H,5-8H2. The molecule has 3 rings (SSSR count). The van der Waals surface area contributed by atoms with Crippen LogP contribution < -0.4 is 10.2 Å². The first kappa shape index (κ1) is 14.8. The molecule has 2 heterocycles. The van der Waals surface area contributed by atoms with Crippen LogP contribution in [0.15, 0.2) is 36.8 Å². The lowest BCUT2D eigenvalue weighted by Crippen LogP contribution is -2.43. The van der Waals surface area contributed by atoms with E-state index in [0.717, 1.165) is 44.0 Å². The van der Waals surface area contributed by atoms with Crippen molar-refractivity contribution >= 4 is 5.69 Å². The monoisotopic (exact) mass is 308 g/mol. The molecule has 2 aromatic rings. The molecular weight excluding hydrogens is 293 g/mol. The summed E-state index contributed by atoms with van der Waals surface area (Å²) in [7, 11) is 0. The molecule has 1 aliphatic rings. The topological polar surface area (TPSA) is 41.1 Å². The van der Waals surface area contributed by atoms with E-state index in [4.69, 9.17) is 0 Å². The van der Waals surface area contributed by atoms with Crippen molar-refractivity contribution in [3.8, 4) is 11.3 Å². The molecule has 1 saturated heterocycles. The molecular formula is C15H15F3N4. The van der Waals surface area contributed by atoms with Gasteiger partial charge >= 0.3 is 6.18 Å². The van der Waals surface area contributed by atoms with Crippen LogP contribution >= 0.6 is 0 Å². The van der Waals surface area contributed by atoms with E-state index < -0.39 is 11.7 Å². The Balaban J connectivity index is 1.94. The zero-order valence-corrected chi connectivity index (χ0v) is 11.8. The number of benzene rings is 1. The van der Waals surface area contributed by atoms with Gasteiger partial charge in [-0.25, -0.2) is 9.97 Å². The minimum atomic E-state index is -4.33. The van der Waals surface area contributed by atoms with Crippen molar-refractivity contribution in [3.05, 3.63) is 42.4 Å². The number of piperazine rings is 1. The lowest BCUT2D eigenvalue weighted by atomic mass is 10.1. The predicted octanol–water partition coefficient (Wildman–Crippen LogP) is 2.57. The normalized spacial score (nSPS) is 15.9. The minimum absolute atomic E-state index is 0.656. The quantitative estimate of drug-likeness (QED) is 0.926. The summed E-state index contributed by atoms with van der Waals surface area (Å²) in [6.07, 6.45) is -1.20. The molecule has 1 aliphatic heterocycles. The SMILES string of the molecule is FC(F)(F)c1ccc(-c2ncncc2N2CCNCC2)cc1. The number of anilines is 1. The third-order valence-corrected chi connectivity index (χ3v) is 3.64. The number of halogens is 3. The number of rotatable bonds is 2. The number of aromatic nitrogens is 2. The zero-order chi connectivity index (χ0) is 15.6. The van der Waals surface area contributed by atoms with Crippen LogP contribution in [0.1, 0.15) is 5.56 Å². The number of nitrogens with one attached hydrogen (secondary N) is 1. The molecule has 0 saturated carbocycles. The molecule has 7 heteroatoms. The third kappa shape index (κ3) is 3.04. The fourth-order valence-corrected chi connectivity index (χ4v) is 2.50. The Kier molecular flexibility index (Phi) is 3.98. The van der Waals surface area contributed by atoms with Crippen molar-refractivity contribution in [3.63, 3.8) is 0 Å². The van der Waals surface area contributed by atoms with Gasteiger partial charge in [0.2, 0.25) is 0 Å². The van der Waals surface area contributed by atoms with E-state index in [0.29, 0.717) is 11.3 Å². The van der Waals surface area contributed by atoms with Gasteiger partial charge in [-0.1, -0.05) is 12.1 Å². The molecule has 1 aromatic heterocycles. The Hall–Kier alpha value is -2.15. The Labute approximate surface area is 126 Å². The van der Waals surface area contributed by atoms with Crippen molar-refractivity contribution in [1.29, 1.82) is 0 Å². The van der Waals surface area contributed by atoms with Gasteiger partial charge in [0, 0.05) is 31.7 Å². The second kappa shape index (κ2) is 5.92. The fourth-order valence-electron chi connectivity index (χ4n) is 2.50. The molecule has 0 radical (unpaired) electrons. The van der Waals surface area contributed by atoms with Crippen LogP contribution in [0.3, 0.4) is 0 Å². The second-order valence-corrected chi connectivity index (χ2v) is 5.07. The van der Waals surface area contributed by atoms with E-state index in [2.05, 4.69) is 20.2 Å². The zero-order valence-electron chi connectivity index (χ0n) is 11.8. The average molecular weight is 308 g/mol. The number of hydrogen-bond donors (Lipinski definition) is 1. The molecule has 0 spiro atoms. The van der Waals surface area contributed by atoms with Gasteiger partial charge in [-0.3, -0.25) is 0 Å². The molecule has 0 amide bonds. The van der Waals surface area contributed by atoms with Gasteiger partial charge in [-0.15, -0.1) is 0 Å². The Morgan fingerprint density at radius 2 is 1.73 bits per heavy atom. The lowest BCUT2D eigenvalue weighted by molar-refractivity contribution is -0.137. The summed E-state index contributed by atoms with van der Waals surface area (Å²) in [5.41, 5.74) is 1.51. The Bertz CT molecular complexity index is 634. The molecule has 116 valence electrons. The fraction of sp³-hybridized carbons (Fsp3) is 0.333. The Morgan fingerprint density at radius 1 is 1.05 bits per heavy atom. The van der Waals surface area contributed by atoms with Crippen LogP contribution in [0.5, 0.6) is 0 Å². The van der Waals surface area contributed by atoms with Gasteiger partial charge < -0.3 is 10.2 Å². The van der Waals surface area contributed by atoms with Gasteiger partial charge in [0.05, 0.1) is 23.1 Å². The predicted molar refractivity (Wildman–Crippen MR) is 77.6 cm³/mol. The molecule has 22 heavy (non-hydrogen) atoms. The Morgan fingerprint density at radius 3 is 2.36 bits per heavy atom. The van der Waals surface area contributed by atoms with Crippen molar-refractivity contribution in [2.75, 3.05) is 31.1 Å². The highest BCUT2D eigenvalue weighted by Crippen LogP contribution is 2.33. The van der Waals surface area contributed by atoms with E-state index in [-0.39, 0.29) is 0 Å². The highest BCUT2D eigenvalue weighted by atomic mass is 19.4. The van der Waals surface area contributed by atoms with Crippen molar-refractivity contribution in [2.24, 2.45) is 0 Å². The van der Waals surface area contributed by atoms with Crippen LogP contribution in [-0.2, 0) is 6.18 Å². The first-order chi connectivity index (χ1) is 10.6. The molecule has 1 fully saturated rings. The molecule has 1 aromatic carbocycles. The van der Waals surface area contributed by atoms with E-state index in [1.165, 1.54) is 18.5 Å². The van der Waals surface area contributed by atoms with E-state index in [9.17, 15) is 13.2 Å². The van der Waals surface area contributed by atoms with Crippen LogP contribution in [-0.4, -0.2) is 36.1 Å². The van der Waals surface area contributed by atoms with Gasteiger partial charge in [0.1, 0.15) is 6.33 Å². The van der Waals surface area contributed by atoms with E-state index in [1.54, 1.807) is 6.20 Å².